The van der Waals surface area contributed by atoms with Gasteiger partial charge in [-0.05, 0) is 51.1 Å². The van der Waals surface area contributed by atoms with E-state index in [1.54, 1.807) is 0 Å². The molecule has 122 valence electrons. The number of ether oxygens (including phenoxy) is 1. The third-order valence-electron chi connectivity index (χ3n) is 5.40. The molecular weight excluding hydrogens is 314 g/mol. The van der Waals surface area contributed by atoms with Crippen molar-refractivity contribution >= 4 is 28.6 Å². The highest BCUT2D eigenvalue weighted by Crippen LogP contribution is 2.45. The van der Waals surface area contributed by atoms with Crippen LogP contribution in [0.2, 0.25) is 5.28 Å². The molecule has 0 amide bonds. The van der Waals surface area contributed by atoms with Crippen molar-refractivity contribution in [2.45, 2.75) is 57.9 Å². The largest absolute Gasteiger partial charge is 0.363 e. The van der Waals surface area contributed by atoms with Gasteiger partial charge in [-0.25, -0.2) is 4.98 Å². The Hall–Kier alpha value is -1.40. The Morgan fingerprint density at radius 1 is 1.17 bits per heavy atom. The minimum Gasteiger partial charge on any atom is -0.363 e. The zero-order valence-electron chi connectivity index (χ0n) is 13.6. The molecule has 6 rings (SSSR count). The van der Waals surface area contributed by atoms with Crippen LogP contribution < -0.4 is 4.90 Å². The Labute approximate surface area is 139 Å². The van der Waals surface area contributed by atoms with E-state index in [2.05, 4.69) is 40.2 Å². The Bertz CT molecular complexity index is 810. The van der Waals surface area contributed by atoms with Crippen LogP contribution in [-0.4, -0.2) is 38.2 Å². The molecule has 6 nitrogen and oxygen atoms in total. The highest BCUT2D eigenvalue weighted by Gasteiger charge is 2.45. The lowest BCUT2D eigenvalue weighted by Crippen LogP contribution is -2.38. The number of anilines is 1. The Morgan fingerprint density at radius 3 is 2.65 bits per heavy atom. The van der Waals surface area contributed by atoms with Gasteiger partial charge in [-0.3, -0.25) is 0 Å². The maximum absolute atomic E-state index is 6.25. The molecule has 1 aliphatic carbocycles. The molecule has 0 radical (unpaired) electrons. The second-order valence-corrected chi connectivity index (χ2v) is 7.95. The van der Waals surface area contributed by atoms with Crippen LogP contribution in [0, 0.1) is 5.92 Å². The first-order valence-electron chi connectivity index (χ1n) is 8.31. The molecule has 2 bridgehead atoms. The third kappa shape index (κ3) is 1.88. The van der Waals surface area contributed by atoms with E-state index in [-0.39, 0.29) is 6.10 Å². The van der Waals surface area contributed by atoms with Crippen LogP contribution in [0.3, 0.4) is 0 Å². The first-order valence-corrected chi connectivity index (χ1v) is 8.69. The van der Waals surface area contributed by atoms with Crippen molar-refractivity contribution in [2.75, 3.05) is 11.4 Å². The molecule has 3 fully saturated rings. The van der Waals surface area contributed by atoms with E-state index in [9.17, 15) is 0 Å². The van der Waals surface area contributed by atoms with Crippen molar-refractivity contribution in [3.05, 3.63) is 11.1 Å². The third-order valence-corrected chi connectivity index (χ3v) is 5.57. The molecule has 0 spiro atoms. The molecule has 2 aromatic rings. The van der Waals surface area contributed by atoms with Gasteiger partial charge in [0.05, 0.1) is 12.6 Å². The quantitative estimate of drug-likeness (QED) is 0.751. The van der Waals surface area contributed by atoms with E-state index in [1.807, 2.05) is 0 Å². The predicted octanol–water partition coefficient (Wildman–Crippen LogP) is 2.73. The number of halogens is 1. The van der Waals surface area contributed by atoms with Gasteiger partial charge >= 0.3 is 0 Å². The Morgan fingerprint density at radius 2 is 1.96 bits per heavy atom. The smallest absolute Gasteiger partial charge is 0.226 e. The molecule has 2 aromatic heterocycles. The number of hydrogen-bond acceptors (Lipinski definition) is 5. The Balaban J connectivity index is 1.75. The molecule has 3 aliphatic heterocycles. The van der Waals surface area contributed by atoms with Crippen molar-refractivity contribution in [1.29, 1.82) is 0 Å². The maximum atomic E-state index is 6.25. The minimum atomic E-state index is -0.435. The van der Waals surface area contributed by atoms with Crippen LogP contribution in [0.4, 0.5) is 5.82 Å². The zero-order valence-corrected chi connectivity index (χ0v) is 14.3. The van der Waals surface area contributed by atoms with E-state index in [0.29, 0.717) is 11.3 Å². The first kappa shape index (κ1) is 14.0. The number of nitrogens with zero attached hydrogens (tertiary/aromatic N) is 5. The fraction of sp³-hybridized carbons (Fsp3) is 0.688. The molecular formula is C16H20ClN5O. The molecule has 2 saturated heterocycles. The van der Waals surface area contributed by atoms with E-state index < -0.39 is 5.60 Å². The second-order valence-electron chi connectivity index (χ2n) is 7.62. The lowest BCUT2D eigenvalue weighted by Gasteiger charge is -2.34. The zero-order chi connectivity index (χ0) is 15.9. The van der Waals surface area contributed by atoms with Crippen LogP contribution in [0.1, 0.15) is 39.4 Å². The van der Waals surface area contributed by atoms with Gasteiger partial charge in [-0.1, -0.05) is 0 Å². The van der Waals surface area contributed by atoms with Crippen molar-refractivity contribution < 1.29 is 4.74 Å². The topological polar surface area (TPSA) is 56.1 Å². The fourth-order valence-corrected chi connectivity index (χ4v) is 4.59. The van der Waals surface area contributed by atoms with Crippen molar-refractivity contribution in [3.8, 4) is 0 Å². The van der Waals surface area contributed by atoms with E-state index >= 15 is 0 Å². The summed E-state index contributed by atoms with van der Waals surface area (Å²) in [5, 5.41) is 0.302. The van der Waals surface area contributed by atoms with Gasteiger partial charge in [0.15, 0.2) is 17.0 Å². The predicted molar refractivity (Wildman–Crippen MR) is 87.8 cm³/mol. The van der Waals surface area contributed by atoms with Crippen LogP contribution in [0.5, 0.6) is 0 Å². The normalized spacial score (nSPS) is 31.3. The second kappa shape index (κ2) is 4.36. The molecule has 23 heavy (non-hydrogen) atoms. The molecule has 4 aliphatic rings. The van der Waals surface area contributed by atoms with Crippen molar-refractivity contribution in [3.63, 3.8) is 0 Å². The van der Waals surface area contributed by atoms with Crippen LogP contribution in [0.25, 0.3) is 11.2 Å². The van der Waals surface area contributed by atoms with Crippen LogP contribution in [-0.2, 0) is 16.9 Å². The van der Waals surface area contributed by atoms with E-state index in [1.165, 1.54) is 12.8 Å². The summed E-state index contributed by atoms with van der Waals surface area (Å²) >= 11 is 6.25. The van der Waals surface area contributed by atoms with Crippen LogP contribution >= 0.6 is 11.6 Å². The summed E-state index contributed by atoms with van der Waals surface area (Å²) in [5.74, 6) is 2.62. The summed E-state index contributed by atoms with van der Waals surface area (Å²) in [6, 6.07) is 0.594. The molecule has 1 unspecified atom stereocenters. The lowest BCUT2D eigenvalue weighted by atomic mass is 9.86. The molecule has 0 aromatic carbocycles. The molecule has 5 heterocycles. The highest BCUT2D eigenvalue weighted by atomic mass is 35.5. The van der Waals surface area contributed by atoms with Gasteiger partial charge in [-0.2, -0.15) is 9.97 Å². The molecule has 1 saturated carbocycles. The number of hydrogen-bond donors (Lipinski definition) is 0. The van der Waals surface area contributed by atoms with E-state index in [0.717, 1.165) is 41.8 Å². The SMILES string of the molecule is CC1Cn2c(nc3c(N4CC5CC4C5)nc(Cl)nc32)C(C)(C)O1. The molecule has 1 atom stereocenters. The van der Waals surface area contributed by atoms with Gasteiger partial charge in [0.1, 0.15) is 11.4 Å². The number of aromatic nitrogens is 4. The number of imidazole rings is 1. The molecule has 0 N–H and O–H groups in total. The lowest BCUT2D eigenvalue weighted by molar-refractivity contribution is -0.100. The van der Waals surface area contributed by atoms with Crippen molar-refractivity contribution in [2.24, 2.45) is 5.92 Å². The standard InChI is InChI=1S/C16H20ClN5O/c1-8-6-22-13-11(18-14(22)16(2,3)23-8)12(19-15(17)20-13)21-7-9-4-10(21)5-9/h8-10H,4-7H2,1-3H3. The minimum absolute atomic E-state index is 0.117. The maximum Gasteiger partial charge on any atom is 0.226 e. The molecule has 7 heteroatoms. The number of rotatable bonds is 1. The summed E-state index contributed by atoms with van der Waals surface area (Å²) < 4.78 is 8.23. The monoisotopic (exact) mass is 333 g/mol. The van der Waals surface area contributed by atoms with Gasteiger partial charge in [-0.15, -0.1) is 0 Å². The summed E-state index contributed by atoms with van der Waals surface area (Å²) in [6.45, 7) is 8.00. The first-order chi connectivity index (χ1) is 10.9. The Kier molecular flexibility index (Phi) is 2.65. The van der Waals surface area contributed by atoms with Gasteiger partial charge in [0.25, 0.3) is 0 Å². The van der Waals surface area contributed by atoms with Gasteiger partial charge in [0.2, 0.25) is 5.28 Å². The summed E-state index contributed by atoms with van der Waals surface area (Å²) in [4.78, 5) is 16.3. The number of fused-ring (bicyclic) bond motifs is 4. The summed E-state index contributed by atoms with van der Waals surface area (Å²) in [5.41, 5.74) is 1.26. The average molecular weight is 334 g/mol. The van der Waals surface area contributed by atoms with Crippen molar-refractivity contribution in [1.82, 2.24) is 19.5 Å². The van der Waals surface area contributed by atoms with Gasteiger partial charge < -0.3 is 14.2 Å². The van der Waals surface area contributed by atoms with Crippen LogP contribution in [0.15, 0.2) is 0 Å². The summed E-state index contributed by atoms with van der Waals surface area (Å²) in [7, 11) is 0. The van der Waals surface area contributed by atoms with Gasteiger partial charge in [0, 0.05) is 12.6 Å². The average Bonchev–Trinajstić information content (AvgIpc) is 3.08. The fourth-order valence-electron chi connectivity index (χ4n) is 4.43. The highest BCUT2D eigenvalue weighted by molar-refractivity contribution is 6.28. The summed E-state index contributed by atoms with van der Waals surface area (Å²) in [6.07, 6.45) is 2.65. The van der Waals surface area contributed by atoms with E-state index in [4.69, 9.17) is 21.3 Å².